The summed E-state index contributed by atoms with van der Waals surface area (Å²) >= 11 is 0. The van der Waals surface area contributed by atoms with E-state index in [4.69, 9.17) is 0 Å². The van der Waals surface area contributed by atoms with Gasteiger partial charge in [-0.3, -0.25) is 14.8 Å². The first-order valence-electron chi connectivity index (χ1n) is 6.48. The molecule has 3 nitrogen and oxygen atoms in total. The maximum absolute atomic E-state index is 12.7. The number of benzene rings is 1. The van der Waals surface area contributed by atoms with Gasteiger partial charge in [-0.1, -0.05) is 24.3 Å². The van der Waals surface area contributed by atoms with Crippen molar-refractivity contribution in [2.24, 2.45) is 0 Å². The van der Waals surface area contributed by atoms with E-state index in [1.807, 2.05) is 50.2 Å². The van der Waals surface area contributed by atoms with Gasteiger partial charge in [0.05, 0.1) is 0 Å². The number of carbonyl (C=O) groups is 1. The van der Waals surface area contributed by atoms with Crippen molar-refractivity contribution >= 4 is 16.6 Å². The molecule has 0 bridgehead atoms. The van der Waals surface area contributed by atoms with E-state index in [1.54, 1.807) is 12.4 Å². The van der Waals surface area contributed by atoms with Crippen LogP contribution in [0.3, 0.4) is 0 Å². The van der Waals surface area contributed by atoms with E-state index >= 15 is 0 Å². The minimum absolute atomic E-state index is 0.0284. The first-order valence-corrected chi connectivity index (χ1v) is 6.48. The molecular weight excluding hydrogens is 248 g/mol. The van der Waals surface area contributed by atoms with Crippen molar-refractivity contribution in [1.29, 1.82) is 0 Å². The molecule has 0 saturated carbocycles. The molecule has 0 spiro atoms. The summed E-state index contributed by atoms with van der Waals surface area (Å²) in [6, 6.07) is 11.5. The van der Waals surface area contributed by atoms with Gasteiger partial charge in [0.15, 0.2) is 5.78 Å². The first-order chi connectivity index (χ1) is 9.66. The molecule has 3 aromatic rings. The van der Waals surface area contributed by atoms with E-state index in [9.17, 15) is 4.79 Å². The van der Waals surface area contributed by atoms with Crippen molar-refractivity contribution in [2.45, 2.75) is 13.8 Å². The van der Waals surface area contributed by atoms with Crippen molar-refractivity contribution < 1.29 is 4.79 Å². The molecule has 0 aliphatic carbocycles. The van der Waals surface area contributed by atoms with Crippen molar-refractivity contribution in [1.82, 2.24) is 9.97 Å². The Bertz CT molecular complexity index is 804. The molecule has 98 valence electrons. The number of fused-ring (bicyclic) bond motifs is 1. The van der Waals surface area contributed by atoms with E-state index in [0.717, 1.165) is 22.2 Å². The van der Waals surface area contributed by atoms with E-state index in [2.05, 4.69) is 9.97 Å². The molecule has 0 aliphatic heterocycles. The fourth-order valence-corrected chi connectivity index (χ4v) is 2.37. The Kier molecular flexibility index (Phi) is 3.03. The van der Waals surface area contributed by atoms with Crippen molar-refractivity contribution in [2.75, 3.05) is 0 Å². The van der Waals surface area contributed by atoms with E-state index in [1.165, 1.54) is 0 Å². The molecule has 2 aromatic heterocycles. The van der Waals surface area contributed by atoms with Crippen LogP contribution in [0.25, 0.3) is 10.8 Å². The second-order valence-electron chi connectivity index (χ2n) is 4.82. The quantitative estimate of drug-likeness (QED) is 0.664. The molecule has 1 aromatic carbocycles. The van der Waals surface area contributed by atoms with Gasteiger partial charge in [-0.25, -0.2) is 0 Å². The van der Waals surface area contributed by atoms with Crippen LogP contribution in [0.4, 0.5) is 0 Å². The Morgan fingerprint density at radius 3 is 2.55 bits per heavy atom. The number of rotatable bonds is 2. The maximum Gasteiger partial charge on any atom is 0.197 e. The van der Waals surface area contributed by atoms with Crippen LogP contribution in [0, 0.1) is 13.8 Å². The number of nitrogens with zero attached hydrogens (tertiary/aromatic N) is 2. The lowest BCUT2D eigenvalue weighted by Crippen LogP contribution is -2.06. The van der Waals surface area contributed by atoms with Gasteiger partial charge in [0.1, 0.15) is 0 Å². The molecule has 0 fully saturated rings. The largest absolute Gasteiger partial charge is 0.288 e. The van der Waals surface area contributed by atoms with Crippen LogP contribution in [-0.4, -0.2) is 15.8 Å². The zero-order valence-corrected chi connectivity index (χ0v) is 11.4. The van der Waals surface area contributed by atoms with Crippen LogP contribution in [0.15, 0.2) is 48.8 Å². The molecule has 0 aliphatic rings. The number of pyridine rings is 2. The zero-order chi connectivity index (χ0) is 14.1. The minimum atomic E-state index is -0.0284. The van der Waals surface area contributed by atoms with Crippen LogP contribution in [0.5, 0.6) is 0 Å². The molecule has 0 radical (unpaired) electrons. The Labute approximate surface area is 117 Å². The van der Waals surface area contributed by atoms with Gasteiger partial charge in [-0.2, -0.15) is 0 Å². The average Bonchev–Trinajstić information content (AvgIpc) is 2.46. The molecule has 0 unspecified atom stereocenters. The molecular formula is C17H14N2O. The second-order valence-corrected chi connectivity index (χ2v) is 4.82. The highest BCUT2D eigenvalue weighted by atomic mass is 16.1. The highest BCUT2D eigenvalue weighted by molar-refractivity contribution is 6.16. The monoisotopic (exact) mass is 262 g/mol. The molecule has 3 rings (SSSR count). The fraction of sp³-hybridized carbons (Fsp3) is 0.118. The smallest absolute Gasteiger partial charge is 0.197 e. The van der Waals surface area contributed by atoms with E-state index < -0.39 is 0 Å². The predicted molar refractivity (Wildman–Crippen MR) is 78.9 cm³/mol. The molecule has 0 atom stereocenters. The number of hydrogen-bond donors (Lipinski definition) is 0. The topological polar surface area (TPSA) is 42.9 Å². The van der Waals surface area contributed by atoms with Gasteiger partial charge >= 0.3 is 0 Å². The molecule has 2 heterocycles. The lowest BCUT2D eigenvalue weighted by atomic mass is 9.99. The second kappa shape index (κ2) is 4.85. The van der Waals surface area contributed by atoms with Gasteiger partial charge in [0.25, 0.3) is 0 Å². The third-order valence-corrected chi connectivity index (χ3v) is 3.38. The number of aryl methyl sites for hydroxylation is 2. The van der Waals surface area contributed by atoms with E-state index in [-0.39, 0.29) is 5.78 Å². The van der Waals surface area contributed by atoms with Gasteiger partial charge in [-0.05, 0) is 31.4 Å². The summed E-state index contributed by atoms with van der Waals surface area (Å²) in [5, 5.41) is 1.89. The Morgan fingerprint density at radius 2 is 1.75 bits per heavy atom. The van der Waals surface area contributed by atoms with Crippen molar-refractivity contribution in [3.05, 3.63) is 71.3 Å². The van der Waals surface area contributed by atoms with Crippen LogP contribution >= 0.6 is 0 Å². The standard InChI is InChI=1S/C17H14N2O/c1-11-7-8-14(12(2)19-11)17(20)16-10-18-9-13-5-3-4-6-15(13)16/h3-10H,1-2H3. The lowest BCUT2D eigenvalue weighted by molar-refractivity contribution is 0.103. The summed E-state index contributed by atoms with van der Waals surface area (Å²) < 4.78 is 0. The number of hydrogen-bond acceptors (Lipinski definition) is 3. The molecule has 0 N–H and O–H groups in total. The van der Waals surface area contributed by atoms with Gasteiger partial charge < -0.3 is 0 Å². The van der Waals surface area contributed by atoms with E-state index in [0.29, 0.717) is 11.1 Å². The summed E-state index contributed by atoms with van der Waals surface area (Å²) in [7, 11) is 0. The highest BCUT2D eigenvalue weighted by Gasteiger charge is 2.15. The first kappa shape index (κ1) is 12.5. The van der Waals surface area contributed by atoms with Crippen molar-refractivity contribution in [3.63, 3.8) is 0 Å². The normalized spacial score (nSPS) is 10.7. The summed E-state index contributed by atoms with van der Waals surface area (Å²) in [6.45, 7) is 3.78. The number of ketones is 1. The lowest BCUT2D eigenvalue weighted by Gasteiger charge is -2.07. The highest BCUT2D eigenvalue weighted by Crippen LogP contribution is 2.21. The van der Waals surface area contributed by atoms with Crippen molar-refractivity contribution in [3.8, 4) is 0 Å². The SMILES string of the molecule is Cc1ccc(C(=O)c2cncc3ccccc23)c(C)n1. The number of aromatic nitrogens is 2. The summed E-state index contributed by atoms with van der Waals surface area (Å²) in [5.74, 6) is -0.0284. The van der Waals surface area contributed by atoms with Crippen LogP contribution in [-0.2, 0) is 0 Å². The fourth-order valence-electron chi connectivity index (χ4n) is 2.37. The van der Waals surface area contributed by atoms with Gasteiger partial charge in [0.2, 0.25) is 0 Å². The summed E-state index contributed by atoms with van der Waals surface area (Å²) in [6.07, 6.45) is 3.40. The summed E-state index contributed by atoms with van der Waals surface area (Å²) in [5.41, 5.74) is 2.92. The van der Waals surface area contributed by atoms with Gasteiger partial charge in [0, 0.05) is 40.3 Å². The number of carbonyl (C=O) groups excluding carboxylic acids is 1. The zero-order valence-electron chi connectivity index (χ0n) is 11.4. The minimum Gasteiger partial charge on any atom is -0.288 e. The Hall–Kier alpha value is -2.55. The average molecular weight is 262 g/mol. The van der Waals surface area contributed by atoms with Crippen LogP contribution in [0.1, 0.15) is 27.3 Å². The van der Waals surface area contributed by atoms with Gasteiger partial charge in [-0.15, -0.1) is 0 Å². The van der Waals surface area contributed by atoms with Crippen LogP contribution < -0.4 is 0 Å². The maximum atomic E-state index is 12.7. The predicted octanol–water partition coefficient (Wildman–Crippen LogP) is 3.48. The summed E-state index contributed by atoms with van der Waals surface area (Å²) in [4.78, 5) is 21.2. The molecule has 0 saturated heterocycles. The Morgan fingerprint density at radius 1 is 0.950 bits per heavy atom. The Balaban J connectivity index is 2.18. The molecule has 0 amide bonds. The third-order valence-electron chi connectivity index (χ3n) is 3.38. The molecule has 20 heavy (non-hydrogen) atoms. The molecule has 3 heteroatoms. The van der Waals surface area contributed by atoms with Crippen LogP contribution in [0.2, 0.25) is 0 Å². The third kappa shape index (κ3) is 2.07.